The number of carbonyl (C=O) groups excluding carboxylic acids is 3. The van der Waals surface area contributed by atoms with Crippen LogP contribution in [0.4, 0.5) is 4.79 Å². The van der Waals surface area contributed by atoms with Crippen molar-refractivity contribution < 1.29 is 19.1 Å². The third-order valence-corrected chi connectivity index (χ3v) is 6.81. The standard InChI is InChI=1S/C30H51N3O4S/c1-8-10-12-13-14-21-33(28(35)25(19-22-38-7)32-29(36)37-30(4,5)6)26(27(34)31-20-11-9-2)24-17-15-23(3)16-18-24/h15-18,25-26H,8-14,19-22H2,1-7H3,(H,31,34)(H,32,36). The smallest absolute Gasteiger partial charge is 0.408 e. The number of ether oxygens (including phenoxy) is 1. The van der Waals surface area contributed by atoms with E-state index < -0.39 is 23.8 Å². The maximum atomic E-state index is 14.2. The molecule has 0 spiro atoms. The summed E-state index contributed by atoms with van der Waals surface area (Å²) in [6.07, 6.45) is 8.75. The number of hydrogen-bond donors (Lipinski definition) is 2. The average molecular weight is 550 g/mol. The van der Waals surface area contributed by atoms with Crippen LogP contribution >= 0.6 is 11.8 Å². The maximum absolute atomic E-state index is 14.2. The molecule has 0 heterocycles. The van der Waals surface area contributed by atoms with Crippen molar-refractivity contribution in [3.05, 3.63) is 35.4 Å². The molecule has 2 unspecified atom stereocenters. The molecular formula is C30H51N3O4S. The number of nitrogens with zero attached hydrogens (tertiary/aromatic N) is 1. The molecule has 0 saturated heterocycles. The first-order chi connectivity index (χ1) is 18.0. The first kappa shape index (κ1) is 33.8. The predicted molar refractivity (Wildman–Crippen MR) is 158 cm³/mol. The van der Waals surface area contributed by atoms with Crippen LogP contribution in [0.2, 0.25) is 0 Å². The third kappa shape index (κ3) is 13.0. The Hall–Kier alpha value is -2.22. The second-order valence-corrected chi connectivity index (χ2v) is 11.9. The van der Waals surface area contributed by atoms with Crippen molar-refractivity contribution in [2.75, 3.05) is 25.1 Å². The summed E-state index contributed by atoms with van der Waals surface area (Å²) in [6.45, 7) is 12.6. The van der Waals surface area contributed by atoms with E-state index in [0.29, 0.717) is 25.3 Å². The van der Waals surface area contributed by atoms with Crippen molar-refractivity contribution in [1.82, 2.24) is 15.5 Å². The van der Waals surface area contributed by atoms with Gasteiger partial charge in [0.2, 0.25) is 11.8 Å². The minimum absolute atomic E-state index is 0.190. The molecule has 0 aliphatic carbocycles. The highest BCUT2D eigenvalue weighted by atomic mass is 32.2. The zero-order valence-corrected chi connectivity index (χ0v) is 25.5. The summed E-state index contributed by atoms with van der Waals surface area (Å²) in [5, 5.41) is 5.86. The van der Waals surface area contributed by atoms with E-state index in [1.165, 1.54) is 0 Å². The Kier molecular flexibility index (Phi) is 16.1. The molecule has 0 aliphatic heterocycles. The number of unbranched alkanes of at least 4 members (excludes halogenated alkanes) is 5. The lowest BCUT2D eigenvalue weighted by Crippen LogP contribution is -2.53. The van der Waals surface area contributed by atoms with Crippen LogP contribution in [0.25, 0.3) is 0 Å². The van der Waals surface area contributed by atoms with Gasteiger partial charge in [0.15, 0.2) is 0 Å². The lowest BCUT2D eigenvalue weighted by molar-refractivity contribution is -0.142. The highest BCUT2D eigenvalue weighted by Gasteiger charge is 2.35. The molecule has 8 heteroatoms. The van der Waals surface area contributed by atoms with Crippen LogP contribution in [0.3, 0.4) is 0 Å². The number of nitrogens with one attached hydrogen (secondary N) is 2. The van der Waals surface area contributed by atoms with Crippen LogP contribution in [-0.4, -0.2) is 59.5 Å². The first-order valence-electron chi connectivity index (χ1n) is 14.2. The molecule has 1 aromatic carbocycles. The summed E-state index contributed by atoms with van der Waals surface area (Å²) in [5.74, 6) is 0.246. The summed E-state index contributed by atoms with van der Waals surface area (Å²) < 4.78 is 5.47. The molecule has 1 rings (SSSR count). The van der Waals surface area contributed by atoms with Crippen LogP contribution < -0.4 is 10.6 Å². The van der Waals surface area contributed by atoms with Gasteiger partial charge in [0, 0.05) is 13.1 Å². The Bertz CT molecular complexity index is 839. The van der Waals surface area contributed by atoms with Gasteiger partial charge >= 0.3 is 6.09 Å². The van der Waals surface area contributed by atoms with Gasteiger partial charge in [-0.25, -0.2) is 4.79 Å². The van der Waals surface area contributed by atoms with Crippen LogP contribution in [0.1, 0.15) is 103 Å². The summed E-state index contributed by atoms with van der Waals surface area (Å²) in [7, 11) is 0. The van der Waals surface area contributed by atoms with Gasteiger partial charge in [-0.1, -0.05) is 75.8 Å². The van der Waals surface area contributed by atoms with Crippen LogP contribution in [0.15, 0.2) is 24.3 Å². The minimum atomic E-state index is -0.788. The zero-order valence-electron chi connectivity index (χ0n) is 24.7. The highest BCUT2D eigenvalue weighted by molar-refractivity contribution is 7.98. The number of alkyl carbamates (subject to hydrolysis) is 1. The maximum Gasteiger partial charge on any atom is 0.408 e. The molecule has 1 aromatic rings. The second-order valence-electron chi connectivity index (χ2n) is 10.9. The number of hydrogen-bond acceptors (Lipinski definition) is 5. The van der Waals surface area contributed by atoms with E-state index >= 15 is 0 Å². The molecule has 2 N–H and O–H groups in total. The van der Waals surface area contributed by atoms with E-state index in [4.69, 9.17) is 4.74 Å². The molecule has 3 amide bonds. The summed E-state index contributed by atoms with van der Waals surface area (Å²) in [6, 6.07) is 6.22. The molecular weight excluding hydrogens is 498 g/mol. The van der Waals surface area contributed by atoms with E-state index in [1.54, 1.807) is 37.4 Å². The number of carbonyl (C=O) groups is 3. The van der Waals surface area contributed by atoms with Gasteiger partial charge < -0.3 is 20.3 Å². The van der Waals surface area contributed by atoms with Crippen molar-refractivity contribution in [2.45, 2.75) is 111 Å². The van der Waals surface area contributed by atoms with Gasteiger partial charge in [-0.3, -0.25) is 9.59 Å². The minimum Gasteiger partial charge on any atom is -0.444 e. The first-order valence-corrected chi connectivity index (χ1v) is 15.6. The van der Waals surface area contributed by atoms with Gasteiger partial charge in [-0.05, 0) is 64.5 Å². The van der Waals surface area contributed by atoms with Crippen LogP contribution in [-0.2, 0) is 14.3 Å². The number of benzene rings is 1. The number of aryl methyl sites for hydroxylation is 1. The fourth-order valence-electron chi connectivity index (χ4n) is 4.10. The van der Waals surface area contributed by atoms with Crippen molar-refractivity contribution >= 4 is 29.7 Å². The molecule has 2 atom stereocenters. The van der Waals surface area contributed by atoms with Gasteiger partial charge in [0.25, 0.3) is 0 Å². The van der Waals surface area contributed by atoms with Gasteiger partial charge in [0.1, 0.15) is 17.7 Å². The third-order valence-electron chi connectivity index (χ3n) is 6.17. The van der Waals surface area contributed by atoms with Crippen molar-refractivity contribution in [2.24, 2.45) is 0 Å². The largest absolute Gasteiger partial charge is 0.444 e. The summed E-state index contributed by atoms with van der Waals surface area (Å²) in [4.78, 5) is 42.1. The molecule has 0 bridgehead atoms. The molecule has 0 radical (unpaired) electrons. The number of amides is 3. The van der Waals surface area contributed by atoms with Gasteiger partial charge in [-0.2, -0.15) is 11.8 Å². The normalized spacial score (nSPS) is 12.9. The van der Waals surface area contributed by atoms with Crippen molar-refractivity contribution in [3.63, 3.8) is 0 Å². The molecule has 216 valence electrons. The quantitative estimate of drug-likeness (QED) is 0.220. The van der Waals surface area contributed by atoms with E-state index in [9.17, 15) is 14.4 Å². The molecule has 38 heavy (non-hydrogen) atoms. The Morgan fingerprint density at radius 2 is 1.61 bits per heavy atom. The van der Waals surface area contributed by atoms with Crippen molar-refractivity contribution in [3.8, 4) is 0 Å². The SMILES string of the molecule is CCCCCCCN(C(=O)C(CCSC)NC(=O)OC(C)(C)C)C(C(=O)NCCCC)c1ccc(C)cc1. The molecule has 0 aliphatic rings. The molecule has 0 aromatic heterocycles. The molecule has 0 fully saturated rings. The lowest BCUT2D eigenvalue weighted by atomic mass is 10.00. The highest BCUT2D eigenvalue weighted by Crippen LogP contribution is 2.25. The molecule has 0 saturated carbocycles. The topological polar surface area (TPSA) is 87.7 Å². The van der Waals surface area contributed by atoms with Gasteiger partial charge in [-0.15, -0.1) is 0 Å². The Labute approximate surface area is 235 Å². The Balaban J connectivity index is 3.38. The van der Waals surface area contributed by atoms with E-state index in [2.05, 4.69) is 24.5 Å². The van der Waals surface area contributed by atoms with Crippen LogP contribution in [0, 0.1) is 6.92 Å². The van der Waals surface area contributed by atoms with Crippen LogP contribution in [0.5, 0.6) is 0 Å². The predicted octanol–water partition coefficient (Wildman–Crippen LogP) is 6.40. The lowest BCUT2D eigenvalue weighted by Gasteiger charge is -2.34. The average Bonchev–Trinajstić information content (AvgIpc) is 2.85. The Morgan fingerprint density at radius 3 is 2.18 bits per heavy atom. The zero-order chi connectivity index (χ0) is 28.6. The second kappa shape index (κ2) is 18.1. The summed E-state index contributed by atoms with van der Waals surface area (Å²) >= 11 is 1.61. The monoisotopic (exact) mass is 549 g/mol. The van der Waals surface area contributed by atoms with Gasteiger partial charge in [0.05, 0.1) is 0 Å². The number of rotatable bonds is 17. The van der Waals surface area contributed by atoms with Crippen molar-refractivity contribution in [1.29, 1.82) is 0 Å². The van der Waals surface area contributed by atoms with E-state index in [0.717, 1.165) is 56.1 Å². The van der Waals surface area contributed by atoms with E-state index in [-0.39, 0.29) is 11.8 Å². The fraction of sp³-hybridized carbons (Fsp3) is 0.700. The Morgan fingerprint density at radius 1 is 0.974 bits per heavy atom. The molecule has 7 nitrogen and oxygen atoms in total. The summed E-state index contributed by atoms with van der Waals surface area (Å²) in [5.41, 5.74) is 1.17. The van der Waals surface area contributed by atoms with E-state index in [1.807, 2.05) is 37.4 Å². The fourth-order valence-corrected chi connectivity index (χ4v) is 4.57. The number of thioether (sulfide) groups is 1.